The van der Waals surface area contributed by atoms with E-state index in [4.69, 9.17) is 4.42 Å². The number of oxazole rings is 1. The number of nitrogens with zero attached hydrogens (tertiary/aromatic N) is 1. The zero-order valence-corrected chi connectivity index (χ0v) is 10.3. The maximum absolute atomic E-state index is 11.7. The monoisotopic (exact) mass is 254 g/mol. The van der Waals surface area contributed by atoms with Crippen LogP contribution in [0.3, 0.4) is 0 Å². The van der Waals surface area contributed by atoms with Crippen LogP contribution in [0.25, 0.3) is 11.1 Å². The molecule has 0 saturated carbocycles. The predicted octanol–water partition coefficient (Wildman–Crippen LogP) is 2.37. The first kappa shape index (κ1) is 11.9. The van der Waals surface area contributed by atoms with E-state index in [1.807, 2.05) is 6.92 Å². The fraction of sp³-hybridized carbons (Fsp3) is 0.364. The molecule has 0 amide bonds. The lowest BCUT2D eigenvalue weighted by atomic mass is 10.3. The van der Waals surface area contributed by atoms with E-state index in [0.29, 0.717) is 23.2 Å². The molecule has 0 fully saturated rings. The van der Waals surface area contributed by atoms with Crippen LogP contribution in [0, 0.1) is 0 Å². The average Bonchev–Trinajstić information content (AvgIpc) is 2.73. The minimum absolute atomic E-state index is 0.137. The molecule has 2 aromatic rings. The molecule has 1 N–H and O–H groups in total. The van der Waals surface area contributed by atoms with E-state index >= 15 is 0 Å². The van der Waals surface area contributed by atoms with Crippen molar-refractivity contribution in [2.24, 2.45) is 0 Å². The van der Waals surface area contributed by atoms with Gasteiger partial charge in [0.2, 0.25) is 10.0 Å². The lowest BCUT2D eigenvalue weighted by molar-refractivity contribution is 0.598. The smallest absolute Gasteiger partial charge is 0.232 e. The molecule has 0 radical (unpaired) electrons. The van der Waals surface area contributed by atoms with Gasteiger partial charge >= 0.3 is 0 Å². The summed E-state index contributed by atoms with van der Waals surface area (Å²) >= 11 is 0. The molecular formula is C11H14N2O3S. The van der Waals surface area contributed by atoms with E-state index in [1.54, 1.807) is 18.2 Å². The van der Waals surface area contributed by atoms with E-state index < -0.39 is 10.0 Å². The summed E-state index contributed by atoms with van der Waals surface area (Å²) in [6, 6.07) is 5.02. The van der Waals surface area contributed by atoms with Gasteiger partial charge in [0, 0.05) is 6.07 Å². The molecule has 0 bridgehead atoms. The van der Waals surface area contributed by atoms with Gasteiger partial charge in [-0.25, -0.2) is 13.4 Å². The topological polar surface area (TPSA) is 72.2 Å². The van der Waals surface area contributed by atoms with E-state index in [-0.39, 0.29) is 5.75 Å². The second kappa shape index (κ2) is 4.75. The lowest BCUT2D eigenvalue weighted by Gasteiger charge is -2.06. The van der Waals surface area contributed by atoms with Crippen LogP contribution in [0.4, 0.5) is 5.69 Å². The maximum atomic E-state index is 11.7. The molecule has 17 heavy (non-hydrogen) atoms. The highest BCUT2D eigenvalue weighted by atomic mass is 32.2. The van der Waals surface area contributed by atoms with Crippen LogP contribution in [0.5, 0.6) is 0 Å². The predicted molar refractivity (Wildman–Crippen MR) is 66.3 cm³/mol. The largest absolute Gasteiger partial charge is 0.443 e. The van der Waals surface area contributed by atoms with Crippen molar-refractivity contribution >= 4 is 26.8 Å². The number of benzene rings is 1. The molecular weight excluding hydrogens is 240 g/mol. The molecule has 0 spiro atoms. The molecule has 0 saturated heterocycles. The Morgan fingerprint density at radius 1 is 1.41 bits per heavy atom. The molecule has 0 aliphatic carbocycles. The van der Waals surface area contributed by atoms with Crippen molar-refractivity contribution < 1.29 is 12.8 Å². The van der Waals surface area contributed by atoms with Crippen LogP contribution in [0.15, 0.2) is 29.0 Å². The third-order valence-electron chi connectivity index (χ3n) is 2.37. The number of hydrogen-bond acceptors (Lipinski definition) is 4. The lowest BCUT2D eigenvalue weighted by Crippen LogP contribution is -2.16. The molecule has 2 rings (SSSR count). The Morgan fingerprint density at radius 2 is 2.24 bits per heavy atom. The summed E-state index contributed by atoms with van der Waals surface area (Å²) < 4.78 is 31.0. The quantitative estimate of drug-likeness (QED) is 0.889. The zero-order chi connectivity index (χ0) is 12.3. The third kappa shape index (κ3) is 2.97. The highest BCUT2D eigenvalue weighted by Crippen LogP contribution is 2.18. The number of anilines is 1. The van der Waals surface area contributed by atoms with E-state index in [1.165, 1.54) is 6.39 Å². The summed E-state index contributed by atoms with van der Waals surface area (Å²) in [6.07, 6.45) is 2.84. The van der Waals surface area contributed by atoms with Gasteiger partial charge in [0.15, 0.2) is 12.0 Å². The molecule has 5 nitrogen and oxygen atoms in total. The van der Waals surface area contributed by atoms with Crippen molar-refractivity contribution in [3.8, 4) is 0 Å². The highest BCUT2D eigenvalue weighted by Gasteiger charge is 2.10. The number of fused-ring (bicyclic) bond motifs is 1. The van der Waals surface area contributed by atoms with Gasteiger partial charge in [-0.05, 0) is 18.6 Å². The van der Waals surface area contributed by atoms with Gasteiger partial charge in [-0.15, -0.1) is 0 Å². The van der Waals surface area contributed by atoms with Gasteiger partial charge in [-0.1, -0.05) is 13.3 Å². The van der Waals surface area contributed by atoms with Crippen LogP contribution in [0.1, 0.15) is 19.8 Å². The Balaban J connectivity index is 2.17. The van der Waals surface area contributed by atoms with Crippen molar-refractivity contribution in [2.75, 3.05) is 10.5 Å². The normalized spacial score (nSPS) is 11.8. The van der Waals surface area contributed by atoms with Gasteiger partial charge in [0.1, 0.15) is 5.52 Å². The number of unbranched alkanes of at least 4 members (excludes halogenated alkanes) is 1. The first-order valence-electron chi connectivity index (χ1n) is 5.44. The highest BCUT2D eigenvalue weighted by molar-refractivity contribution is 7.92. The number of sulfonamides is 1. The zero-order valence-electron chi connectivity index (χ0n) is 9.51. The molecule has 6 heteroatoms. The SMILES string of the molecule is CCCCS(=O)(=O)Nc1ccc2ncoc2c1. The molecule has 0 aliphatic heterocycles. The Morgan fingerprint density at radius 3 is 3.00 bits per heavy atom. The van der Waals surface area contributed by atoms with Gasteiger partial charge in [0.25, 0.3) is 0 Å². The summed E-state index contributed by atoms with van der Waals surface area (Å²) in [4.78, 5) is 3.96. The van der Waals surface area contributed by atoms with Crippen LogP contribution in [-0.4, -0.2) is 19.2 Å². The van der Waals surface area contributed by atoms with Gasteiger partial charge in [0.05, 0.1) is 11.4 Å². The fourth-order valence-corrected chi connectivity index (χ4v) is 2.74. The Labute approximate surface area is 99.9 Å². The Hall–Kier alpha value is -1.56. The van der Waals surface area contributed by atoms with Gasteiger partial charge in [-0.3, -0.25) is 4.72 Å². The second-order valence-corrected chi connectivity index (χ2v) is 5.65. The molecule has 1 aromatic heterocycles. The minimum Gasteiger partial charge on any atom is -0.443 e. The van der Waals surface area contributed by atoms with Gasteiger partial charge < -0.3 is 4.42 Å². The van der Waals surface area contributed by atoms with Crippen molar-refractivity contribution in [1.29, 1.82) is 0 Å². The van der Waals surface area contributed by atoms with Gasteiger partial charge in [-0.2, -0.15) is 0 Å². The van der Waals surface area contributed by atoms with Crippen LogP contribution in [0.2, 0.25) is 0 Å². The fourth-order valence-electron chi connectivity index (χ4n) is 1.48. The summed E-state index contributed by atoms with van der Waals surface area (Å²) in [6.45, 7) is 1.95. The molecule has 0 aliphatic rings. The summed E-state index contributed by atoms with van der Waals surface area (Å²) in [5.74, 6) is 0.137. The van der Waals surface area contributed by atoms with E-state index in [9.17, 15) is 8.42 Å². The molecule has 0 unspecified atom stereocenters. The number of aromatic nitrogens is 1. The van der Waals surface area contributed by atoms with E-state index in [0.717, 1.165) is 6.42 Å². The molecule has 1 heterocycles. The molecule has 0 atom stereocenters. The van der Waals surface area contributed by atoms with Crippen molar-refractivity contribution in [3.63, 3.8) is 0 Å². The summed E-state index contributed by atoms with van der Waals surface area (Å²) in [5.41, 5.74) is 1.78. The first-order valence-corrected chi connectivity index (χ1v) is 7.10. The molecule has 92 valence electrons. The number of nitrogens with one attached hydrogen (secondary N) is 1. The standard InChI is InChI=1S/C11H14N2O3S/c1-2-3-6-17(14,15)13-9-4-5-10-11(7-9)16-8-12-10/h4-5,7-8,13H,2-3,6H2,1H3. The summed E-state index contributed by atoms with van der Waals surface area (Å²) in [7, 11) is -3.26. The number of hydrogen-bond donors (Lipinski definition) is 1. The average molecular weight is 254 g/mol. The van der Waals surface area contributed by atoms with Crippen molar-refractivity contribution in [1.82, 2.24) is 4.98 Å². The van der Waals surface area contributed by atoms with E-state index in [2.05, 4.69) is 9.71 Å². The third-order valence-corrected chi connectivity index (χ3v) is 3.74. The second-order valence-electron chi connectivity index (χ2n) is 3.81. The maximum Gasteiger partial charge on any atom is 0.232 e. The van der Waals surface area contributed by atoms with Crippen LogP contribution < -0.4 is 4.72 Å². The number of rotatable bonds is 5. The Kier molecular flexibility index (Phi) is 3.33. The van der Waals surface area contributed by atoms with Crippen LogP contribution >= 0.6 is 0 Å². The van der Waals surface area contributed by atoms with Crippen LogP contribution in [-0.2, 0) is 10.0 Å². The Bertz CT molecular complexity index is 604. The molecule has 1 aromatic carbocycles. The minimum atomic E-state index is -3.26. The van der Waals surface area contributed by atoms with Crippen molar-refractivity contribution in [3.05, 3.63) is 24.6 Å². The summed E-state index contributed by atoms with van der Waals surface area (Å²) in [5, 5.41) is 0. The first-order chi connectivity index (χ1) is 8.11. The van der Waals surface area contributed by atoms with Crippen molar-refractivity contribution in [2.45, 2.75) is 19.8 Å².